The van der Waals surface area contributed by atoms with E-state index in [1.165, 1.54) is 28.6 Å². The Labute approximate surface area is 134 Å². The maximum Gasteiger partial charge on any atom is 0.387 e. The van der Waals surface area contributed by atoms with Crippen molar-refractivity contribution in [2.75, 3.05) is 19.6 Å². The number of benzene rings is 1. The number of hydrogen-bond donors (Lipinski definition) is 1. The molecule has 126 valence electrons. The van der Waals surface area contributed by atoms with Gasteiger partial charge in [0, 0.05) is 13.1 Å². The van der Waals surface area contributed by atoms with Gasteiger partial charge in [-0.3, -0.25) is 0 Å². The van der Waals surface area contributed by atoms with Gasteiger partial charge in [-0.1, -0.05) is 0 Å². The van der Waals surface area contributed by atoms with Gasteiger partial charge in [-0.2, -0.15) is 13.1 Å². The Morgan fingerprint density at radius 1 is 1.32 bits per heavy atom. The molecule has 2 N–H and O–H groups in total. The van der Waals surface area contributed by atoms with Crippen molar-refractivity contribution in [1.82, 2.24) is 4.31 Å². The minimum absolute atomic E-state index is 0. The van der Waals surface area contributed by atoms with E-state index in [0.29, 0.717) is 19.6 Å². The first-order valence-electron chi connectivity index (χ1n) is 6.68. The van der Waals surface area contributed by atoms with Gasteiger partial charge in [0.15, 0.2) is 0 Å². The molecule has 0 aliphatic carbocycles. The molecule has 1 fully saturated rings. The number of alkyl halides is 2. The number of rotatable bonds is 5. The zero-order chi connectivity index (χ0) is 15.5. The number of sulfonamides is 1. The van der Waals surface area contributed by atoms with Crippen molar-refractivity contribution in [2.24, 2.45) is 11.7 Å². The lowest BCUT2D eigenvalue weighted by Gasteiger charge is -2.31. The highest BCUT2D eigenvalue weighted by atomic mass is 35.5. The zero-order valence-corrected chi connectivity index (χ0v) is 13.5. The molecule has 1 aromatic carbocycles. The molecule has 0 amide bonds. The van der Waals surface area contributed by atoms with Crippen LogP contribution in [0, 0.1) is 5.92 Å². The second kappa shape index (κ2) is 8.05. The molecule has 1 aromatic rings. The second-order valence-electron chi connectivity index (χ2n) is 4.96. The van der Waals surface area contributed by atoms with Crippen LogP contribution in [-0.4, -0.2) is 39.0 Å². The summed E-state index contributed by atoms with van der Waals surface area (Å²) in [6.45, 7) is -1.63. The summed E-state index contributed by atoms with van der Waals surface area (Å²) < 4.78 is 54.7. The Hall–Kier alpha value is -0.960. The highest BCUT2D eigenvalue weighted by Crippen LogP contribution is 2.25. The van der Waals surface area contributed by atoms with E-state index in [2.05, 4.69) is 4.74 Å². The Bertz CT molecular complexity index is 569. The zero-order valence-electron chi connectivity index (χ0n) is 11.8. The summed E-state index contributed by atoms with van der Waals surface area (Å²) >= 11 is 0. The van der Waals surface area contributed by atoms with Gasteiger partial charge in [-0.25, -0.2) is 8.42 Å². The number of ether oxygens (including phenoxy) is 1. The first kappa shape index (κ1) is 19.1. The highest BCUT2D eigenvalue weighted by molar-refractivity contribution is 7.89. The lowest BCUT2D eigenvalue weighted by molar-refractivity contribution is -0.0498. The van der Waals surface area contributed by atoms with Gasteiger partial charge >= 0.3 is 6.61 Å². The summed E-state index contributed by atoms with van der Waals surface area (Å²) in [6.07, 6.45) is 1.69. The Balaban J connectivity index is 0.00000242. The normalized spacial score (nSPS) is 19.7. The molecule has 1 saturated heterocycles. The van der Waals surface area contributed by atoms with E-state index in [4.69, 9.17) is 5.73 Å². The molecule has 9 heteroatoms. The van der Waals surface area contributed by atoms with Crippen LogP contribution in [0.4, 0.5) is 8.78 Å². The summed E-state index contributed by atoms with van der Waals surface area (Å²) in [5, 5.41) is 0. The third-order valence-electron chi connectivity index (χ3n) is 3.50. The second-order valence-corrected chi connectivity index (χ2v) is 6.89. The van der Waals surface area contributed by atoms with Crippen molar-refractivity contribution in [3.8, 4) is 5.75 Å². The van der Waals surface area contributed by atoms with E-state index in [1.807, 2.05) is 0 Å². The van der Waals surface area contributed by atoms with E-state index >= 15 is 0 Å². The van der Waals surface area contributed by atoms with Crippen LogP contribution in [-0.2, 0) is 10.0 Å². The standard InChI is InChI=1S/C13H18F2N2O3S.ClH/c14-13(15)20-11-3-5-12(6-4-11)21(18,19)17-7-1-2-10(8-16)9-17;/h3-6,10,13H,1-2,7-9,16H2;1H. The molecule has 0 radical (unpaired) electrons. The molecule has 1 atom stereocenters. The van der Waals surface area contributed by atoms with Gasteiger partial charge in [0.05, 0.1) is 4.90 Å². The predicted octanol–water partition coefficient (Wildman–Crippen LogP) is 2.07. The summed E-state index contributed by atoms with van der Waals surface area (Å²) in [4.78, 5) is 0.0711. The molecule has 2 rings (SSSR count). The number of halogens is 3. The molecule has 5 nitrogen and oxygen atoms in total. The fraction of sp³-hybridized carbons (Fsp3) is 0.538. The van der Waals surface area contributed by atoms with Gasteiger partial charge in [0.25, 0.3) is 0 Å². The Kier molecular flexibility index (Phi) is 6.98. The first-order chi connectivity index (χ1) is 9.93. The van der Waals surface area contributed by atoms with E-state index in [-0.39, 0.29) is 29.0 Å². The van der Waals surface area contributed by atoms with Crippen LogP contribution >= 0.6 is 12.4 Å². The third kappa shape index (κ3) is 4.52. The van der Waals surface area contributed by atoms with Gasteiger partial charge in [0.2, 0.25) is 10.0 Å². The number of nitrogens with zero attached hydrogens (tertiary/aromatic N) is 1. The molecule has 0 spiro atoms. The maximum atomic E-state index is 12.5. The first-order valence-corrected chi connectivity index (χ1v) is 8.12. The van der Waals surface area contributed by atoms with Crippen molar-refractivity contribution in [1.29, 1.82) is 0 Å². The smallest absolute Gasteiger partial charge is 0.387 e. The molecule has 1 unspecified atom stereocenters. The lowest BCUT2D eigenvalue weighted by Crippen LogP contribution is -2.41. The highest BCUT2D eigenvalue weighted by Gasteiger charge is 2.29. The van der Waals surface area contributed by atoms with Crippen LogP contribution in [0.1, 0.15) is 12.8 Å². The molecule has 0 aromatic heterocycles. The predicted molar refractivity (Wildman–Crippen MR) is 80.9 cm³/mol. The monoisotopic (exact) mass is 356 g/mol. The molecule has 1 aliphatic rings. The molecule has 0 bridgehead atoms. The topological polar surface area (TPSA) is 72.6 Å². The van der Waals surface area contributed by atoms with E-state index in [1.54, 1.807) is 0 Å². The van der Waals surface area contributed by atoms with Gasteiger partial charge in [-0.15, -0.1) is 12.4 Å². The number of nitrogens with two attached hydrogens (primary N) is 1. The number of hydrogen-bond acceptors (Lipinski definition) is 4. The van der Waals surface area contributed by atoms with Crippen molar-refractivity contribution in [3.63, 3.8) is 0 Å². The SMILES string of the molecule is Cl.NCC1CCCN(S(=O)(=O)c2ccc(OC(F)F)cc2)C1. The molecule has 22 heavy (non-hydrogen) atoms. The summed E-state index contributed by atoms with van der Waals surface area (Å²) in [5.41, 5.74) is 5.60. The molecule has 1 aliphatic heterocycles. The van der Waals surface area contributed by atoms with Gasteiger partial charge < -0.3 is 10.5 Å². The van der Waals surface area contributed by atoms with Crippen LogP contribution in [0.15, 0.2) is 29.2 Å². The van der Waals surface area contributed by atoms with Crippen LogP contribution in [0.25, 0.3) is 0 Å². The van der Waals surface area contributed by atoms with Crippen molar-refractivity contribution < 1.29 is 21.9 Å². The summed E-state index contributed by atoms with van der Waals surface area (Å²) in [7, 11) is -3.62. The number of piperidine rings is 1. The average Bonchev–Trinajstić information content (AvgIpc) is 2.47. The third-order valence-corrected chi connectivity index (χ3v) is 5.38. The van der Waals surface area contributed by atoms with Crippen molar-refractivity contribution in [3.05, 3.63) is 24.3 Å². The minimum atomic E-state index is -3.62. The molecular weight excluding hydrogens is 338 g/mol. The quantitative estimate of drug-likeness (QED) is 0.876. The fourth-order valence-electron chi connectivity index (χ4n) is 2.38. The van der Waals surface area contributed by atoms with Gasteiger partial charge in [0.1, 0.15) is 5.75 Å². The molecule has 1 heterocycles. The van der Waals surface area contributed by atoms with Crippen LogP contribution < -0.4 is 10.5 Å². The van der Waals surface area contributed by atoms with Gasteiger partial charge in [-0.05, 0) is 49.6 Å². The summed E-state index contributed by atoms with van der Waals surface area (Å²) in [6, 6.07) is 5.00. The van der Waals surface area contributed by atoms with E-state index in [0.717, 1.165) is 12.8 Å². The fourth-order valence-corrected chi connectivity index (χ4v) is 3.93. The summed E-state index contributed by atoms with van der Waals surface area (Å²) in [5.74, 6) is 0.0948. The van der Waals surface area contributed by atoms with Crippen molar-refractivity contribution in [2.45, 2.75) is 24.3 Å². The van der Waals surface area contributed by atoms with E-state index < -0.39 is 16.6 Å². The Morgan fingerprint density at radius 3 is 2.50 bits per heavy atom. The minimum Gasteiger partial charge on any atom is -0.435 e. The maximum absolute atomic E-state index is 12.5. The lowest BCUT2D eigenvalue weighted by atomic mass is 10.0. The van der Waals surface area contributed by atoms with Crippen LogP contribution in [0.3, 0.4) is 0 Å². The average molecular weight is 357 g/mol. The molecule has 0 saturated carbocycles. The largest absolute Gasteiger partial charge is 0.435 e. The molecular formula is C13H19ClF2N2O3S. The van der Waals surface area contributed by atoms with E-state index in [9.17, 15) is 17.2 Å². The Morgan fingerprint density at radius 2 is 1.95 bits per heavy atom. The van der Waals surface area contributed by atoms with Crippen LogP contribution in [0.2, 0.25) is 0 Å². The van der Waals surface area contributed by atoms with Crippen LogP contribution in [0.5, 0.6) is 5.75 Å². The van der Waals surface area contributed by atoms with Crippen molar-refractivity contribution >= 4 is 22.4 Å².